The van der Waals surface area contributed by atoms with Gasteiger partial charge in [-0.15, -0.1) is 0 Å². The van der Waals surface area contributed by atoms with Gasteiger partial charge < -0.3 is 0 Å². The molecule has 0 aliphatic heterocycles. The Labute approximate surface area is 100 Å². The van der Waals surface area contributed by atoms with E-state index in [2.05, 4.69) is 38.7 Å². The molecule has 1 aliphatic rings. The lowest BCUT2D eigenvalue weighted by molar-refractivity contribution is 0.428. The molecule has 0 amide bonds. The number of hydrogen-bond acceptors (Lipinski definition) is 1. The topological polar surface area (TPSA) is 17.8 Å². The summed E-state index contributed by atoms with van der Waals surface area (Å²) in [5, 5.41) is 4.41. The smallest absolute Gasteiger partial charge is 0.0492 e. The molecule has 1 heterocycles. The van der Waals surface area contributed by atoms with Crippen LogP contribution in [0.1, 0.15) is 50.6 Å². The number of rotatable bonds is 3. The summed E-state index contributed by atoms with van der Waals surface area (Å²) in [7, 11) is 0. The quantitative estimate of drug-likeness (QED) is 0.766. The minimum Gasteiger partial charge on any atom is -0.269 e. The Hall–Kier alpha value is -0.310. The van der Waals surface area contributed by atoms with Gasteiger partial charge in [0, 0.05) is 29.2 Å². The van der Waals surface area contributed by atoms with Crippen LogP contribution in [0.5, 0.6) is 0 Å². The summed E-state index contributed by atoms with van der Waals surface area (Å²) in [5.74, 6) is 0.674. The van der Waals surface area contributed by atoms with Gasteiger partial charge in [-0.25, -0.2) is 0 Å². The fourth-order valence-corrected chi connectivity index (χ4v) is 3.33. The molecule has 1 saturated carbocycles. The zero-order valence-corrected chi connectivity index (χ0v) is 10.9. The van der Waals surface area contributed by atoms with Gasteiger partial charge in [-0.05, 0) is 25.3 Å². The van der Waals surface area contributed by atoms with E-state index in [4.69, 9.17) is 0 Å². The molecule has 2 atom stereocenters. The Morgan fingerprint density at radius 3 is 3.00 bits per heavy atom. The number of alkyl halides is 1. The van der Waals surface area contributed by atoms with Crippen molar-refractivity contribution in [1.29, 1.82) is 0 Å². The third kappa shape index (κ3) is 2.44. The van der Waals surface area contributed by atoms with Gasteiger partial charge >= 0.3 is 0 Å². The molecule has 1 fully saturated rings. The summed E-state index contributed by atoms with van der Waals surface area (Å²) in [6.45, 7) is 3.26. The first-order chi connectivity index (χ1) is 7.33. The Balaban J connectivity index is 2.15. The lowest BCUT2D eigenvalue weighted by Gasteiger charge is -2.27. The van der Waals surface area contributed by atoms with Crippen LogP contribution < -0.4 is 0 Å². The average molecular weight is 271 g/mol. The van der Waals surface area contributed by atoms with E-state index in [-0.39, 0.29) is 0 Å². The van der Waals surface area contributed by atoms with E-state index in [9.17, 15) is 0 Å². The largest absolute Gasteiger partial charge is 0.269 e. The minimum atomic E-state index is 0.651. The molecule has 2 rings (SSSR count). The number of aromatic nitrogens is 2. The van der Waals surface area contributed by atoms with Gasteiger partial charge in [-0.3, -0.25) is 4.68 Å². The third-order valence-electron chi connectivity index (χ3n) is 3.25. The SMILES string of the molecule is CCCn1nccc1C1CCCCC1Br. The van der Waals surface area contributed by atoms with Gasteiger partial charge in [0.15, 0.2) is 0 Å². The van der Waals surface area contributed by atoms with Crippen molar-refractivity contribution in [3.8, 4) is 0 Å². The number of nitrogens with zero attached hydrogens (tertiary/aromatic N) is 2. The van der Waals surface area contributed by atoms with Crippen molar-refractivity contribution in [3.05, 3.63) is 18.0 Å². The number of aryl methyl sites for hydroxylation is 1. The second kappa shape index (κ2) is 5.15. The Morgan fingerprint density at radius 1 is 1.47 bits per heavy atom. The summed E-state index contributed by atoms with van der Waals surface area (Å²) < 4.78 is 2.18. The summed E-state index contributed by atoms with van der Waals surface area (Å²) in [5.41, 5.74) is 1.43. The molecule has 0 spiro atoms. The maximum Gasteiger partial charge on any atom is 0.0492 e. The molecule has 0 radical (unpaired) electrons. The highest BCUT2D eigenvalue weighted by molar-refractivity contribution is 9.09. The van der Waals surface area contributed by atoms with E-state index in [0.717, 1.165) is 13.0 Å². The van der Waals surface area contributed by atoms with Crippen LogP contribution in [0.3, 0.4) is 0 Å². The molecule has 2 nitrogen and oxygen atoms in total. The van der Waals surface area contributed by atoms with Gasteiger partial charge in [-0.2, -0.15) is 5.10 Å². The highest BCUT2D eigenvalue weighted by Gasteiger charge is 2.26. The second-order valence-corrected chi connectivity index (χ2v) is 5.56. The van der Waals surface area contributed by atoms with Gasteiger partial charge in [-0.1, -0.05) is 35.7 Å². The van der Waals surface area contributed by atoms with Crippen molar-refractivity contribution in [3.63, 3.8) is 0 Å². The molecule has 84 valence electrons. The average Bonchev–Trinajstić information content (AvgIpc) is 2.67. The van der Waals surface area contributed by atoms with Crippen LogP contribution in [0.25, 0.3) is 0 Å². The van der Waals surface area contributed by atoms with Crippen molar-refractivity contribution in [2.75, 3.05) is 0 Å². The van der Waals surface area contributed by atoms with Crippen LogP contribution >= 0.6 is 15.9 Å². The fourth-order valence-electron chi connectivity index (χ4n) is 2.48. The molecule has 1 aromatic heterocycles. The maximum absolute atomic E-state index is 4.41. The Morgan fingerprint density at radius 2 is 2.27 bits per heavy atom. The first kappa shape index (κ1) is 11.2. The highest BCUT2D eigenvalue weighted by Crippen LogP contribution is 2.37. The molecule has 0 bridgehead atoms. The highest BCUT2D eigenvalue weighted by atomic mass is 79.9. The summed E-state index contributed by atoms with van der Waals surface area (Å²) >= 11 is 3.82. The van der Waals surface area contributed by atoms with Gasteiger partial charge in [0.25, 0.3) is 0 Å². The van der Waals surface area contributed by atoms with E-state index in [1.54, 1.807) is 0 Å². The lowest BCUT2D eigenvalue weighted by Crippen LogP contribution is -2.20. The van der Waals surface area contributed by atoms with Crippen molar-refractivity contribution < 1.29 is 0 Å². The normalized spacial score (nSPS) is 26.8. The van der Waals surface area contributed by atoms with Crippen LogP contribution in [0.4, 0.5) is 0 Å². The molecule has 1 aliphatic carbocycles. The second-order valence-electron chi connectivity index (χ2n) is 4.39. The van der Waals surface area contributed by atoms with Crippen molar-refractivity contribution >= 4 is 15.9 Å². The van der Waals surface area contributed by atoms with Crippen LogP contribution in [0.2, 0.25) is 0 Å². The predicted molar refractivity (Wildman–Crippen MR) is 66.4 cm³/mol. The number of halogens is 1. The first-order valence-electron chi connectivity index (χ1n) is 5.98. The van der Waals surface area contributed by atoms with E-state index < -0.39 is 0 Å². The molecule has 0 saturated heterocycles. The Bertz CT molecular complexity index is 308. The summed E-state index contributed by atoms with van der Waals surface area (Å²) in [4.78, 5) is 0.651. The van der Waals surface area contributed by atoms with Gasteiger partial charge in [0.1, 0.15) is 0 Å². The fraction of sp³-hybridized carbons (Fsp3) is 0.750. The van der Waals surface area contributed by atoms with E-state index in [1.807, 2.05) is 6.20 Å². The van der Waals surface area contributed by atoms with Crippen LogP contribution in [0.15, 0.2) is 12.3 Å². The van der Waals surface area contributed by atoms with Crippen LogP contribution in [0, 0.1) is 0 Å². The van der Waals surface area contributed by atoms with E-state index in [0.29, 0.717) is 10.7 Å². The molecule has 0 aromatic carbocycles. The molecule has 15 heavy (non-hydrogen) atoms. The minimum absolute atomic E-state index is 0.651. The maximum atomic E-state index is 4.41. The zero-order chi connectivity index (χ0) is 10.7. The Kier molecular flexibility index (Phi) is 3.84. The standard InChI is InChI=1S/C12H19BrN2/c1-2-9-15-12(7-8-14-15)10-5-3-4-6-11(10)13/h7-8,10-11H,2-6,9H2,1H3. The van der Waals surface area contributed by atoms with E-state index >= 15 is 0 Å². The number of hydrogen-bond donors (Lipinski definition) is 0. The molecule has 3 heteroatoms. The monoisotopic (exact) mass is 270 g/mol. The molecular weight excluding hydrogens is 252 g/mol. The molecular formula is C12H19BrN2. The predicted octanol–water partition coefficient (Wildman–Crippen LogP) is 3.71. The van der Waals surface area contributed by atoms with Crippen molar-refractivity contribution in [1.82, 2.24) is 9.78 Å². The van der Waals surface area contributed by atoms with Gasteiger partial charge in [0.05, 0.1) is 0 Å². The van der Waals surface area contributed by atoms with E-state index in [1.165, 1.54) is 31.4 Å². The van der Waals surface area contributed by atoms with Crippen LogP contribution in [-0.2, 0) is 6.54 Å². The summed E-state index contributed by atoms with van der Waals surface area (Å²) in [6, 6.07) is 2.19. The van der Waals surface area contributed by atoms with Crippen LogP contribution in [-0.4, -0.2) is 14.6 Å². The molecule has 1 aromatic rings. The molecule has 0 N–H and O–H groups in total. The van der Waals surface area contributed by atoms with Crippen molar-refractivity contribution in [2.24, 2.45) is 0 Å². The summed E-state index contributed by atoms with van der Waals surface area (Å²) in [6.07, 6.45) is 8.46. The zero-order valence-electron chi connectivity index (χ0n) is 9.32. The first-order valence-corrected chi connectivity index (χ1v) is 6.90. The lowest BCUT2D eigenvalue weighted by atomic mass is 9.87. The van der Waals surface area contributed by atoms with Crippen molar-refractivity contribution in [2.45, 2.75) is 56.3 Å². The van der Waals surface area contributed by atoms with Gasteiger partial charge in [0.2, 0.25) is 0 Å². The molecule has 2 unspecified atom stereocenters. The third-order valence-corrected chi connectivity index (χ3v) is 4.34.